The molecule has 0 unspecified atom stereocenters. The summed E-state index contributed by atoms with van der Waals surface area (Å²) in [6.07, 6.45) is 4.18. The molecule has 0 bridgehead atoms. The summed E-state index contributed by atoms with van der Waals surface area (Å²) in [7, 11) is 0. The summed E-state index contributed by atoms with van der Waals surface area (Å²) in [5.41, 5.74) is 6.45. The number of aryl methyl sites for hydroxylation is 2. The van der Waals surface area contributed by atoms with Crippen molar-refractivity contribution in [3.05, 3.63) is 35.5 Å². The number of hydrogen-bond acceptors (Lipinski definition) is 4. The van der Waals surface area contributed by atoms with Gasteiger partial charge in [-0.05, 0) is 12.5 Å². The van der Waals surface area contributed by atoms with E-state index < -0.39 is 5.91 Å². The second kappa shape index (κ2) is 4.32. The van der Waals surface area contributed by atoms with Crippen LogP contribution in [0.1, 0.15) is 28.8 Å². The van der Waals surface area contributed by atoms with Crippen molar-refractivity contribution >= 4 is 5.91 Å². The first kappa shape index (κ1) is 11.3. The van der Waals surface area contributed by atoms with Crippen LogP contribution < -0.4 is 5.73 Å². The predicted octanol–water partition coefficient (Wildman–Crippen LogP) is 0.632. The highest BCUT2D eigenvalue weighted by molar-refractivity contribution is 5.91. The van der Waals surface area contributed by atoms with Gasteiger partial charge in [0.25, 0.3) is 5.91 Å². The number of nitrogens with two attached hydrogens (primary N) is 1. The SMILES string of the molecule is CCc1nc(C(N)=O)cc(-n2cc(C)cn2)n1. The van der Waals surface area contributed by atoms with Crippen LogP contribution in [0.2, 0.25) is 0 Å². The zero-order valence-corrected chi connectivity index (χ0v) is 9.71. The molecule has 2 rings (SSSR count). The van der Waals surface area contributed by atoms with E-state index in [1.54, 1.807) is 10.9 Å². The summed E-state index contributed by atoms with van der Waals surface area (Å²) in [6, 6.07) is 1.54. The molecule has 0 saturated heterocycles. The molecule has 6 heteroatoms. The number of amides is 1. The summed E-state index contributed by atoms with van der Waals surface area (Å²) < 4.78 is 1.60. The molecule has 2 heterocycles. The van der Waals surface area contributed by atoms with Gasteiger partial charge in [-0.1, -0.05) is 6.92 Å². The Labute approximate surface area is 98.5 Å². The first-order valence-electron chi connectivity index (χ1n) is 5.29. The minimum Gasteiger partial charge on any atom is -0.364 e. The summed E-state index contributed by atoms with van der Waals surface area (Å²) in [6.45, 7) is 3.85. The largest absolute Gasteiger partial charge is 0.364 e. The fourth-order valence-electron chi connectivity index (χ4n) is 1.42. The number of nitrogens with zero attached hydrogens (tertiary/aromatic N) is 4. The summed E-state index contributed by atoms with van der Waals surface area (Å²) in [4.78, 5) is 19.5. The van der Waals surface area contributed by atoms with Crippen molar-refractivity contribution < 1.29 is 4.79 Å². The third-order valence-corrected chi connectivity index (χ3v) is 2.27. The van der Waals surface area contributed by atoms with E-state index in [1.165, 1.54) is 6.07 Å². The van der Waals surface area contributed by atoms with E-state index in [0.29, 0.717) is 18.1 Å². The molecule has 0 aliphatic rings. The fraction of sp³-hybridized carbons (Fsp3) is 0.273. The molecule has 0 spiro atoms. The van der Waals surface area contributed by atoms with E-state index in [0.717, 1.165) is 5.56 Å². The molecule has 0 saturated carbocycles. The normalized spacial score (nSPS) is 10.5. The second-order valence-electron chi connectivity index (χ2n) is 3.71. The molecule has 17 heavy (non-hydrogen) atoms. The monoisotopic (exact) mass is 231 g/mol. The fourth-order valence-corrected chi connectivity index (χ4v) is 1.42. The van der Waals surface area contributed by atoms with Crippen LogP contribution in [-0.4, -0.2) is 25.7 Å². The third-order valence-electron chi connectivity index (χ3n) is 2.27. The maximum absolute atomic E-state index is 11.2. The molecule has 0 radical (unpaired) electrons. The van der Waals surface area contributed by atoms with Crippen molar-refractivity contribution in [1.82, 2.24) is 19.7 Å². The number of primary amides is 1. The molecular weight excluding hydrogens is 218 g/mol. The predicted molar refractivity (Wildman–Crippen MR) is 61.8 cm³/mol. The van der Waals surface area contributed by atoms with Crippen LogP contribution in [-0.2, 0) is 6.42 Å². The average molecular weight is 231 g/mol. The van der Waals surface area contributed by atoms with Gasteiger partial charge in [0.2, 0.25) is 0 Å². The van der Waals surface area contributed by atoms with Gasteiger partial charge in [0.1, 0.15) is 11.5 Å². The van der Waals surface area contributed by atoms with Crippen molar-refractivity contribution in [2.45, 2.75) is 20.3 Å². The molecule has 1 amide bonds. The quantitative estimate of drug-likeness (QED) is 0.839. The van der Waals surface area contributed by atoms with E-state index in [4.69, 9.17) is 5.73 Å². The van der Waals surface area contributed by atoms with Gasteiger partial charge in [0.05, 0.1) is 6.20 Å². The van der Waals surface area contributed by atoms with Crippen LogP contribution in [0.15, 0.2) is 18.5 Å². The van der Waals surface area contributed by atoms with E-state index in [9.17, 15) is 4.79 Å². The Bertz CT molecular complexity index is 561. The summed E-state index contributed by atoms with van der Waals surface area (Å²) >= 11 is 0. The van der Waals surface area contributed by atoms with Crippen molar-refractivity contribution in [3.63, 3.8) is 0 Å². The molecule has 0 atom stereocenters. The maximum Gasteiger partial charge on any atom is 0.267 e. The highest BCUT2D eigenvalue weighted by Gasteiger charge is 2.09. The maximum atomic E-state index is 11.2. The molecule has 2 N–H and O–H groups in total. The topological polar surface area (TPSA) is 86.7 Å². The van der Waals surface area contributed by atoms with Crippen molar-refractivity contribution in [1.29, 1.82) is 0 Å². The van der Waals surface area contributed by atoms with Gasteiger partial charge in [0.15, 0.2) is 5.82 Å². The van der Waals surface area contributed by atoms with Crippen molar-refractivity contribution in [2.75, 3.05) is 0 Å². The van der Waals surface area contributed by atoms with Crippen LogP contribution in [0.3, 0.4) is 0 Å². The lowest BCUT2D eigenvalue weighted by Crippen LogP contribution is -2.16. The number of aromatic nitrogens is 4. The summed E-state index contributed by atoms with van der Waals surface area (Å²) in [5, 5.41) is 4.14. The average Bonchev–Trinajstić information content (AvgIpc) is 2.75. The summed E-state index contributed by atoms with van der Waals surface area (Å²) in [5.74, 6) is 0.565. The standard InChI is InChI=1S/C11H13N5O/c1-3-9-14-8(11(12)17)4-10(15-9)16-6-7(2)5-13-16/h4-6H,3H2,1-2H3,(H2,12,17). The Morgan fingerprint density at radius 1 is 1.47 bits per heavy atom. The molecule has 2 aromatic rings. The number of carbonyl (C=O) groups is 1. The van der Waals surface area contributed by atoms with Gasteiger partial charge in [-0.25, -0.2) is 14.6 Å². The Hall–Kier alpha value is -2.24. The minimum atomic E-state index is -0.563. The van der Waals surface area contributed by atoms with Gasteiger partial charge in [-0.3, -0.25) is 4.79 Å². The van der Waals surface area contributed by atoms with Gasteiger partial charge >= 0.3 is 0 Å². The molecular formula is C11H13N5O. The Morgan fingerprint density at radius 3 is 2.76 bits per heavy atom. The van der Waals surface area contributed by atoms with Gasteiger partial charge < -0.3 is 5.73 Å². The van der Waals surface area contributed by atoms with Gasteiger partial charge in [0, 0.05) is 18.7 Å². The van der Waals surface area contributed by atoms with Gasteiger partial charge in [-0.15, -0.1) is 0 Å². The van der Waals surface area contributed by atoms with Crippen LogP contribution in [0.5, 0.6) is 0 Å². The van der Waals surface area contributed by atoms with E-state index >= 15 is 0 Å². The first-order chi connectivity index (χ1) is 8.10. The van der Waals surface area contributed by atoms with Crippen LogP contribution in [0, 0.1) is 6.92 Å². The smallest absolute Gasteiger partial charge is 0.267 e. The van der Waals surface area contributed by atoms with Crippen LogP contribution in [0.4, 0.5) is 0 Å². The number of carbonyl (C=O) groups excluding carboxylic acids is 1. The van der Waals surface area contributed by atoms with Crippen molar-refractivity contribution in [2.24, 2.45) is 5.73 Å². The number of rotatable bonds is 3. The first-order valence-corrected chi connectivity index (χ1v) is 5.29. The minimum absolute atomic E-state index is 0.208. The molecule has 2 aromatic heterocycles. The zero-order valence-electron chi connectivity index (χ0n) is 9.71. The van der Waals surface area contributed by atoms with Crippen molar-refractivity contribution in [3.8, 4) is 5.82 Å². The van der Waals surface area contributed by atoms with Gasteiger partial charge in [-0.2, -0.15) is 5.10 Å². The molecule has 0 aromatic carbocycles. The molecule has 0 aliphatic carbocycles. The lowest BCUT2D eigenvalue weighted by atomic mass is 10.3. The van der Waals surface area contributed by atoms with E-state index in [-0.39, 0.29) is 5.69 Å². The Kier molecular flexibility index (Phi) is 2.86. The van der Waals surface area contributed by atoms with Crippen LogP contribution in [0.25, 0.3) is 5.82 Å². The molecule has 88 valence electrons. The van der Waals surface area contributed by atoms with E-state index in [2.05, 4.69) is 15.1 Å². The lowest BCUT2D eigenvalue weighted by molar-refractivity contribution is 0.0995. The highest BCUT2D eigenvalue weighted by atomic mass is 16.1. The lowest BCUT2D eigenvalue weighted by Gasteiger charge is -2.04. The third kappa shape index (κ3) is 2.30. The molecule has 6 nitrogen and oxygen atoms in total. The Balaban J connectivity index is 2.53. The molecule has 0 aliphatic heterocycles. The zero-order chi connectivity index (χ0) is 12.4. The highest BCUT2D eigenvalue weighted by Crippen LogP contribution is 2.08. The second-order valence-corrected chi connectivity index (χ2v) is 3.71. The number of hydrogen-bond donors (Lipinski definition) is 1. The Morgan fingerprint density at radius 2 is 2.24 bits per heavy atom. The van der Waals surface area contributed by atoms with E-state index in [1.807, 2.05) is 20.0 Å². The molecule has 0 fully saturated rings. The van der Waals surface area contributed by atoms with Crippen LogP contribution >= 0.6 is 0 Å².